The normalized spacial score (nSPS) is 11.0. The molecule has 3 rings (SSSR count). The topological polar surface area (TPSA) is 84.5 Å². The number of ether oxygens (including phenoxy) is 1. The number of carbonyl (C=O) groups is 1. The number of anilines is 1. The molecule has 1 amide bonds. The average Bonchev–Trinajstić information content (AvgIpc) is 2.73. The molecule has 0 saturated carbocycles. The molecule has 156 valence electrons. The summed E-state index contributed by atoms with van der Waals surface area (Å²) in [5.74, 6) is -0.586. The van der Waals surface area contributed by atoms with Crippen LogP contribution in [0.25, 0.3) is 0 Å². The van der Waals surface area contributed by atoms with Crippen molar-refractivity contribution >= 4 is 33.2 Å². The Morgan fingerprint density at radius 1 is 1.00 bits per heavy atom. The van der Waals surface area contributed by atoms with E-state index in [0.717, 1.165) is 5.56 Å². The Kier molecular flexibility index (Phi) is 6.91. The third-order valence-electron chi connectivity index (χ3n) is 4.00. The highest BCUT2D eigenvalue weighted by Gasteiger charge is 2.17. The number of hydrogen-bond donors (Lipinski definition) is 2. The van der Waals surface area contributed by atoms with Crippen LogP contribution in [-0.2, 0) is 21.4 Å². The summed E-state index contributed by atoms with van der Waals surface area (Å²) in [6.45, 7) is -0.0895. The van der Waals surface area contributed by atoms with Crippen LogP contribution in [0.2, 0.25) is 5.02 Å². The summed E-state index contributed by atoms with van der Waals surface area (Å²) in [7, 11) is -3.82. The molecule has 0 aliphatic rings. The highest BCUT2D eigenvalue weighted by Crippen LogP contribution is 2.28. The quantitative estimate of drug-likeness (QED) is 0.546. The van der Waals surface area contributed by atoms with Crippen LogP contribution in [0.5, 0.6) is 5.75 Å². The van der Waals surface area contributed by atoms with Crippen molar-refractivity contribution < 1.29 is 22.3 Å². The second-order valence-corrected chi connectivity index (χ2v) is 8.35. The van der Waals surface area contributed by atoms with Gasteiger partial charge in [-0.3, -0.25) is 9.52 Å². The van der Waals surface area contributed by atoms with Crippen LogP contribution in [0, 0.1) is 5.82 Å². The number of amides is 1. The van der Waals surface area contributed by atoms with E-state index in [1.165, 1.54) is 30.3 Å². The van der Waals surface area contributed by atoms with Crippen LogP contribution in [-0.4, -0.2) is 20.9 Å². The lowest BCUT2D eigenvalue weighted by Crippen LogP contribution is -2.28. The first-order valence-electron chi connectivity index (χ1n) is 8.85. The Balaban J connectivity index is 1.57. The fourth-order valence-electron chi connectivity index (χ4n) is 2.48. The summed E-state index contributed by atoms with van der Waals surface area (Å²) in [5.41, 5.74) is 1.16. The predicted molar refractivity (Wildman–Crippen MR) is 112 cm³/mol. The molecular weight excluding hydrogens is 431 g/mol. The van der Waals surface area contributed by atoms with E-state index in [0.29, 0.717) is 5.69 Å². The number of para-hydroxylation sites is 1. The SMILES string of the molecule is O=C(COc1ccc(S(=O)(=O)Nc2ccccc2)cc1Cl)NCc1ccc(F)cc1. The fourth-order valence-corrected chi connectivity index (χ4v) is 3.87. The molecule has 0 atom stereocenters. The van der Waals surface area contributed by atoms with E-state index in [1.807, 2.05) is 0 Å². The van der Waals surface area contributed by atoms with Gasteiger partial charge in [0.05, 0.1) is 9.92 Å². The van der Waals surface area contributed by atoms with Gasteiger partial charge in [-0.1, -0.05) is 41.9 Å². The number of nitrogens with one attached hydrogen (secondary N) is 2. The standard InChI is InChI=1S/C21H18ClFN2O4S/c22-19-12-18(30(27,28)25-17-4-2-1-3-5-17)10-11-20(19)29-14-21(26)24-13-15-6-8-16(23)9-7-15/h1-12,25H,13-14H2,(H,24,26). The summed E-state index contributed by atoms with van der Waals surface area (Å²) in [5, 5.41) is 2.69. The molecule has 6 nitrogen and oxygen atoms in total. The van der Waals surface area contributed by atoms with E-state index in [4.69, 9.17) is 16.3 Å². The molecule has 0 heterocycles. The molecule has 9 heteroatoms. The molecule has 2 N–H and O–H groups in total. The molecule has 0 aliphatic carbocycles. The van der Waals surface area contributed by atoms with Crippen molar-refractivity contribution in [2.24, 2.45) is 0 Å². The summed E-state index contributed by atoms with van der Waals surface area (Å²) >= 11 is 6.13. The molecule has 0 unspecified atom stereocenters. The van der Waals surface area contributed by atoms with Gasteiger partial charge in [0.25, 0.3) is 15.9 Å². The third kappa shape index (κ3) is 5.95. The Morgan fingerprint density at radius 3 is 2.37 bits per heavy atom. The van der Waals surface area contributed by atoms with Gasteiger partial charge < -0.3 is 10.1 Å². The zero-order valence-corrected chi connectivity index (χ0v) is 17.2. The van der Waals surface area contributed by atoms with Crippen molar-refractivity contribution in [2.45, 2.75) is 11.4 Å². The smallest absolute Gasteiger partial charge is 0.261 e. The first kappa shape index (κ1) is 21.6. The Bertz CT molecular complexity index is 1120. The van der Waals surface area contributed by atoms with Crippen molar-refractivity contribution in [1.82, 2.24) is 5.32 Å². The van der Waals surface area contributed by atoms with E-state index in [-0.39, 0.29) is 34.6 Å². The van der Waals surface area contributed by atoms with Crippen molar-refractivity contribution in [1.29, 1.82) is 0 Å². The van der Waals surface area contributed by atoms with Gasteiger partial charge >= 0.3 is 0 Å². The number of benzene rings is 3. The number of hydrogen-bond acceptors (Lipinski definition) is 4. The molecule has 0 radical (unpaired) electrons. The molecule has 3 aromatic carbocycles. The second-order valence-electron chi connectivity index (χ2n) is 6.26. The van der Waals surface area contributed by atoms with Gasteiger partial charge in [-0.15, -0.1) is 0 Å². The first-order chi connectivity index (χ1) is 14.3. The highest BCUT2D eigenvalue weighted by atomic mass is 35.5. The summed E-state index contributed by atoms with van der Waals surface area (Å²) in [4.78, 5) is 11.9. The van der Waals surface area contributed by atoms with Crippen LogP contribution in [0.3, 0.4) is 0 Å². The Hall–Kier alpha value is -3.10. The van der Waals surface area contributed by atoms with E-state index >= 15 is 0 Å². The minimum absolute atomic E-state index is 0.0375. The molecule has 0 aliphatic heterocycles. The van der Waals surface area contributed by atoms with E-state index < -0.39 is 15.9 Å². The molecule has 3 aromatic rings. The number of sulfonamides is 1. The molecule has 0 fully saturated rings. The van der Waals surface area contributed by atoms with Gasteiger partial charge in [-0.2, -0.15) is 0 Å². The van der Waals surface area contributed by atoms with Crippen LogP contribution >= 0.6 is 11.6 Å². The largest absolute Gasteiger partial charge is 0.482 e. The fraction of sp³-hybridized carbons (Fsp3) is 0.0952. The Labute approximate surface area is 178 Å². The maximum atomic E-state index is 12.9. The predicted octanol–water partition coefficient (Wildman–Crippen LogP) is 3.98. The average molecular weight is 449 g/mol. The minimum atomic E-state index is -3.82. The Morgan fingerprint density at radius 2 is 1.70 bits per heavy atom. The van der Waals surface area contributed by atoms with Crippen molar-refractivity contribution in [3.05, 3.63) is 89.2 Å². The lowest BCUT2D eigenvalue weighted by molar-refractivity contribution is -0.123. The molecule has 0 aromatic heterocycles. The van der Waals surface area contributed by atoms with Crippen molar-refractivity contribution in [2.75, 3.05) is 11.3 Å². The maximum absolute atomic E-state index is 12.9. The van der Waals surface area contributed by atoms with Gasteiger partial charge in [0, 0.05) is 12.2 Å². The number of carbonyl (C=O) groups excluding carboxylic acids is 1. The molecule has 0 spiro atoms. The van der Waals surface area contributed by atoms with Crippen LogP contribution in [0.4, 0.5) is 10.1 Å². The second kappa shape index (κ2) is 9.60. The van der Waals surface area contributed by atoms with E-state index in [1.54, 1.807) is 42.5 Å². The van der Waals surface area contributed by atoms with Gasteiger partial charge in [0.15, 0.2) is 6.61 Å². The zero-order valence-electron chi connectivity index (χ0n) is 15.6. The molecule has 0 bridgehead atoms. The monoisotopic (exact) mass is 448 g/mol. The van der Waals surface area contributed by atoms with E-state index in [2.05, 4.69) is 10.0 Å². The lowest BCUT2D eigenvalue weighted by atomic mass is 10.2. The summed E-state index contributed by atoms with van der Waals surface area (Å²) < 4.78 is 45.7. The van der Waals surface area contributed by atoms with E-state index in [9.17, 15) is 17.6 Å². The van der Waals surface area contributed by atoms with Crippen molar-refractivity contribution in [3.8, 4) is 5.75 Å². The van der Waals surface area contributed by atoms with Crippen LogP contribution < -0.4 is 14.8 Å². The first-order valence-corrected chi connectivity index (χ1v) is 10.7. The van der Waals surface area contributed by atoms with Gasteiger partial charge in [-0.25, -0.2) is 12.8 Å². The molecule has 0 saturated heterocycles. The summed E-state index contributed by atoms with van der Waals surface area (Å²) in [6, 6.07) is 18.2. The van der Waals surface area contributed by atoms with Crippen molar-refractivity contribution in [3.63, 3.8) is 0 Å². The maximum Gasteiger partial charge on any atom is 0.261 e. The van der Waals surface area contributed by atoms with Crippen LogP contribution in [0.1, 0.15) is 5.56 Å². The minimum Gasteiger partial charge on any atom is -0.482 e. The van der Waals surface area contributed by atoms with Crippen LogP contribution in [0.15, 0.2) is 77.7 Å². The molecular formula is C21H18ClFN2O4S. The lowest BCUT2D eigenvalue weighted by Gasteiger charge is -2.11. The highest BCUT2D eigenvalue weighted by molar-refractivity contribution is 7.92. The third-order valence-corrected chi connectivity index (χ3v) is 5.68. The summed E-state index contributed by atoms with van der Waals surface area (Å²) in [6.07, 6.45) is 0. The van der Waals surface area contributed by atoms with Gasteiger partial charge in [0.1, 0.15) is 11.6 Å². The van der Waals surface area contributed by atoms with Gasteiger partial charge in [0.2, 0.25) is 0 Å². The van der Waals surface area contributed by atoms with Gasteiger partial charge in [-0.05, 0) is 48.0 Å². The number of halogens is 2. The molecule has 30 heavy (non-hydrogen) atoms. The zero-order chi connectivity index (χ0) is 21.6. The number of rotatable bonds is 8.